The summed E-state index contributed by atoms with van der Waals surface area (Å²) in [5.74, 6) is 0.772. The normalized spacial score (nSPS) is 17.2. The number of aryl methyl sites for hydroxylation is 2. The number of benzene rings is 1. The molecule has 26 heavy (non-hydrogen) atoms. The van der Waals surface area contributed by atoms with E-state index in [-0.39, 0.29) is 23.9 Å². The lowest BCUT2D eigenvalue weighted by Crippen LogP contribution is -2.34. The molecule has 2 aromatic heterocycles. The van der Waals surface area contributed by atoms with Crippen LogP contribution in [0, 0.1) is 13.8 Å². The maximum Gasteiger partial charge on any atom is 0.243 e. The third kappa shape index (κ3) is 2.81. The predicted octanol–water partition coefficient (Wildman–Crippen LogP) is 2.97. The molecule has 1 fully saturated rings. The Balaban J connectivity index is 1.66. The van der Waals surface area contributed by atoms with Gasteiger partial charge in [-0.05, 0) is 38.8 Å². The van der Waals surface area contributed by atoms with Gasteiger partial charge in [-0.1, -0.05) is 17.3 Å². The fourth-order valence-corrected chi connectivity index (χ4v) is 3.79. The Bertz CT molecular complexity index is 1030. The van der Waals surface area contributed by atoms with Crippen molar-refractivity contribution in [2.24, 2.45) is 0 Å². The van der Waals surface area contributed by atoms with Gasteiger partial charge in [0.05, 0.1) is 17.3 Å². The number of likely N-dealkylation sites (tertiary alicyclic amines) is 1. The van der Waals surface area contributed by atoms with Crippen LogP contribution < -0.4 is 5.43 Å². The van der Waals surface area contributed by atoms with Gasteiger partial charge in [0, 0.05) is 29.8 Å². The Labute approximate surface area is 151 Å². The van der Waals surface area contributed by atoms with Gasteiger partial charge >= 0.3 is 0 Å². The summed E-state index contributed by atoms with van der Waals surface area (Å²) in [6.45, 7) is 4.66. The number of hydrogen-bond donors (Lipinski definition) is 0. The molecular weight excluding hydrogens is 330 g/mol. The number of rotatable bonds is 3. The monoisotopic (exact) mass is 351 g/mol. The largest absolute Gasteiger partial charge is 0.359 e. The average molecular weight is 351 g/mol. The minimum absolute atomic E-state index is 0.0158. The fraction of sp³-hybridized carbons (Fsp3) is 0.350. The Kier molecular flexibility index (Phi) is 4.11. The molecule has 0 bridgehead atoms. The Morgan fingerprint density at radius 1 is 1.27 bits per heavy atom. The second-order valence-electron chi connectivity index (χ2n) is 6.87. The Morgan fingerprint density at radius 3 is 2.85 bits per heavy atom. The zero-order chi connectivity index (χ0) is 18.3. The summed E-state index contributed by atoms with van der Waals surface area (Å²) >= 11 is 0. The number of amides is 1. The first-order valence-electron chi connectivity index (χ1n) is 8.86. The van der Waals surface area contributed by atoms with Crippen LogP contribution in [0.4, 0.5) is 0 Å². The topological polar surface area (TPSA) is 68.3 Å². The standard InChI is InChI=1S/C20H21N3O3/c1-13-10-19(26-21-13)17-8-5-9-22(17)20(25)12-23-14(2)11-18(24)15-6-3-4-7-16(15)23/h3-4,6-7,10-11,17H,5,8-9,12H2,1-2H3/t17-/m0/s1. The summed E-state index contributed by atoms with van der Waals surface area (Å²) in [6, 6.07) is 10.8. The van der Waals surface area contributed by atoms with Gasteiger partial charge in [0.2, 0.25) is 5.91 Å². The Hall–Kier alpha value is -2.89. The molecule has 6 nitrogen and oxygen atoms in total. The molecule has 6 heteroatoms. The molecule has 1 aliphatic rings. The van der Waals surface area contributed by atoms with Crippen LogP contribution in [0.1, 0.15) is 36.0 Å². The van der Waals surface area contributed by atoms with Crippen LogP contribution >= 0.6 is 0 Å². The van der Waals surface area contributed by atoms with Crippen molar-refractivity contribution >= 4 is 16.8 Å². The van der Waals surface area contributed by atoms with Crippen LogP contribution in [-0.4, -0.2) is 27.1 Å². The first-order chi connectivity index (χ1) is 12.5. The molecule has 0 spiro atoms. The van der Waals surface area contributed by atoms with Gasteiger partial charge in [-0.25, -0.2) is 0 Å². The van der Waals surface area contributed by atoms with E-state index >= 15 is 0 Å². The van der Waals surface area contributed by atoms with Crippen molar-refractivity contribution in [1.82, 2.24) is 14.6 Å². The van der Waals surface area contributed by atoms with Crippen molar-refractivity contribution in [2.45, 2.75) is 39.3 Å². The highest BCUT2D eigenvalue weighted by Crippen LogP contribution is 2.32. The lowest BCUT2D eigenvalue weighted by molar-refractivity contribution is -0.133. The highest BCUT2D eigenvalue weighted by molar-refractivity contribution is 5.83. The van der Waals surface area contributed by atoms with Crippen molar-refractivity contribution in [3.05, 3.63) is 63.8 Å². The molecular formula is C20H21N3O3. The highest BCUT2D eigenvalue weighted by Gasteiger charge is 2.32. The van der Waals surface area contributed by atoms with Gasteiger partial charge in [0.1, 0.15) is 6.54 Å². The van der Waals surface area contributed by atoms with E-state index in [0.29, 0.717) is 11.9 Å². The highest BCUT2D eigenvalue weighted by atomic mass is 16.5. The molecule has 0 aliphatic carbocycles. The number of carbonyl (C=O) groups is 1. The van der Waals surface area contributed by atoms with E-state index in [0.717, 1.165) is 35.5 Å². The molecule has 134 valence electrons. The number of carbonyl (C=O) groups excluding carboxylic acids is 1. The van der Waals surface area contributed by atoms with E-state index in [2.05, 4.69) is 5.16 Å². The number of pyridine rings is 1. The van der Waals surface area contributed by atoms with Crippen molar-refractivity contribution < 1.29 is 9.32 Å². The minimum Gasteiger partial charge on any atom is -0.359 e. The molecule has 1 aliphatic heterocycles. The number of para-hydroxylation sites is 1. The van der Waals surface area contributed by atoms with Crippen molar-refractivity contribution in [3.63, 3.8) is 0 Å². The van der Waals surface area contributed by atoms with Gasteiger partial charge in [0.25, 0.3) is 0 Å². The van der Waals surface area contributed by atoms with Crippen LogP contribution in [0.3, 0.4) is 0 Å². The molecule has 1 atom stereocenters. The third-order valence-corrected chi connectivity index (χ3v) is 5.07. The van der Waals surface area contributed by atoms with Gasteiger partial charge in [-0.3, -0.25) is 9.59 Å². The summed E-state index contributed by atoms with van der Waals surface area (Å²) in [5, 5.41) is 4.58. The molecule has 0 radical (unpaired) electrons. The average Bonchev–Trinajstić information content (AvgIpc) is 3.27. The van der Waals surface area contributed by atoms with Gasteiger partial charge in [-0.15, -0.1) is 0 Å². The maximum absolute atomic E-state index is 13.1. The van der Waals surface area contributed by atoms with Crippen LogP contribution in [0.2, 0.25) is 0 Å². The molecule has 0 N–H and O–H groups in total. The van der Waals surface area contributed by atoms with Crippen molar-refractivity contribution in [1.29, 1.82) is 0 Å². The first-order valence-corrected chi connectivity index (χ1v) is 8.86. The van der Waals surface area contributed by atoms with E-state index in [4.69, 9.17) is 4.52 Å². The zero-order valence-corrected chi connectivity index (χ0v) is 14.9. The summed E-state index contributed by atoms with van der Waals surface area (Å²) in [5.41, 5.74) is 2.38. The summed E-state index contributed by atoms with van der Waals surface area (Å²) < 4.78 is 7.31. The number of aromatic nitrogens is 2. The number of fused-ring (bicyclic) bond motifs is 1. The van der Waals surface area contributed by atoms with Crippen LogP contribution in [-0.2, 0) is 11.3 Å². The molecule has 3 aromatic rings. The fourth-order valence-electron chi connectivity index (χ4n) is 3.79. The minimum atomic E-state index is -0.0605. The molecule has 1 aromatic carbocycles. The van der Waals surface area contributed by atoms with Crippen molar-refractivity contribution in [3.8, 4) is 0 Å². The van der Waals surface area contributed by atoms with Gasteiger partial charge < -0.3 is 14.0 Å². The van der Waals surface area contributed by atoms with E-state index in [9.17, 15) is 9.59 Å². The summed E-state index contributed by atoms with van der Waals surface area (Å²) in [6.07, 6.45) is 1.82. The summed E-state index contributed by atoms with van der Waals surface area (Å²) in [4.78, 5) is 27.1. The zero-order valence-electron chi connectivity index (χ0n) is 14.9. The lowest BCUT2D eigenvalue weighted by atomic mass is 10.1. The van der Waals surface area contributed by atoms with Gasteiger partial charge in [0.15, 0.2) is 11.2 Å². The van der Waals surface area contributed by atoms with Crippen LogP contribution in [0.5, 0.6) is 0 Å². The van der Waals surface area contributed by atoms with E-state index < -0.39 is 0 Å². The molecule has 0 saturated carbocycles. The maximum atomic E-state index is 13.1. The molecule has 0 unspecified atom stereocenters. The first kappa shape index (κ1) is 16.6. The predicted molar refractivity (Wildman–Crippen MR) is 97.9 cm³/mol. The smallest absolute Gasteiger partial charge is 0.243 e. The Morgan fingerprint density at radius 2 is 2.08 bits per heavy atom. The second-order valence-corrected chi connectivity index (χ2v) is 6.87. The lowest BCUT2D eigenvalue weighted by Gasteiger charge is -2.24. The molecule has 4 rings (SSSR count). The van der Waals surface area contributed by atoms with E-state index in [1.807, 2.05) is 47.6 Å². The molecule has 1 saturated heterocycles. The summed E-state index contributed by atoms with van der Waals surface area (Å²) in [7, 11) is 0. The van der Waals surface area contributed by atoms with Crippen LogP contribution in [0.25, 0.3) is 10.9 Å². The molecule has 3 heterocycles. The quantitative estimate of drug-likeness (QED) is 0.727. The van der Waals surface area contributed by atoms with E-state index in [1.54, 1.807) is 12.1 Å². The second kappa shape index (κ2) is 6.44. The van der Waals surface area contributed by atoms with E-state index in [1.165, 1.54) is 0 Å². The van der Waals surface area contributed by atoms with Crippen LogP contribution in [0.15, 0.2) is 45.7 Å². The number of hydrogen-bond acceptors (Lipinski definition) is 4. The van der Waals surface area contributed by atoms with Gasteiger partial charge in [-0.2, -0.15) is 0 Å². The number of nitrogens with zero attached hydrogens (tertiary/aromatic N) is 3. The molecule has 1 amide bonds. The third-order valence-electron chi connectivity index (χ3n) is 5.07. The SMILES string of the molecule is Cc1cc([C@@H]2CCCN2C(=O)Cn2c(C)cc(=O)c3ccccc32)on1. The van der Waals surface area contributed by atoms with Crippen molar-refractivity contribution in [2.75, 3.05) is 6.54 Å².